The van der Waals surface area contributed by atoms with Crippen molar-refractivity contribution in [2.75, 3.05) is 32.1 Å². The lowest BCUT2D eigenvalue weighted by Crippen LogP contribution is -2.27. The predicted molar refractivity (Wildman–Crippen MR) is 69.9 cm³/mol. The minimum atomic E-state index is -0.418. The Hall–Kier alpha value is -2.15. The third kappa shape index (κ3) is 2.40. The minimum absolute atomic E-state index is 0.0541. The van der Waals surface area contributed by atoms with E-state index in [4.69, 9.17) is 0 Å². The van der Waals surface area contributed by atoms with Crippen molar-refractivity contribution >= 4 is 22.7 Å². The summed E-state index contributed by atoms with van der Waals surface area (Å²) in [5, 5.41) is 13.7. The van der Waals surface area contributed by atoms with Crippen molar-refractivity contribution in [2.24, 2.45) is 0 Å². The highest BCUT2D eigenvalue weighted by molar-refractivity contribution is 5.80. The summed E-state index contributed by atoms with van der Waals surface area (Å²) in [6.07, 6.45) is 0. The van der Waals surface area contributed by atoms with Crippen molar-refractivity contribution in [3.63, 3.8) is 0 Å². The van der Waals surface area contributed by atoms with Crippen molar-refractivity contribution in [1.29, 1.82) is 0 Å². The number of imidazole rings is 1. The molecule has 0 amide bonds. The summed E-state index contributed by atoms with van der Waals surface area (Å²) in [6.45, 7) is 1.64. The lowest BCUT2D eigenvalue weighted by Gasteiger charge is -2.14. The van der Waals surface area contributed by atoms with Crippen molar-refractivity contribution in [2.45, 2.75) is 0 Å². The van der Waals surface area contributed by atoms with Crippen LogP contribution in [0.25, 0.3) is 11.0 Å². The number of nitro benzene ring substituents is 1. The van der Waals surface area contributed by atoms with E-state index in [-0.39, 0.29) is 5.69 Å². The summed E-state index contributed by atoms with van der Waals surface area (Å²) in [5.74, 6) is 0.709. The quantitative estimate of drug-likeness (QED) is 0.612. The molecule has 18 heavy (non-hydrogen) atoms. The van der Waals surface area contributed by atoms with Gasteiger partial charge in [-0.25, -0.2) is 4.98 Å². The van der Waals surface area contributed by atoms with Crippen molar-refractivity contribution in [1.82, 2.24) is 15.3 Å². The molecule has 1 aromatic carbocycles. The number of hydrogen-bond donors (Lipinski definition) is 2. The molecule has 2 N–H and O–H groups in total. The number of nitrogens with zero attached hydrogens (tertiary/aromatic N) is 3. The van der Waals surface area contributed by atoms with Gasteiger partial charge in [-0.2, -0.15) is 0 Å². The van der Waals surface area contributed by atoms with Gasteiger partial charge in [0.15, 0.2) is 0 Å². The maximum absolute atomic E-state index is 10.7. The van der Waals surface area contributed by atoms with Crippen LogP contribution in [0.2, 0.25) is 0 Å². The molecule has 0 aliphatic heterocycles. The van der Waals surface area contributed by atoms with Gasteiger partial charge in [-0.1, -0.05) is 0 Å². The molecular formula is C11H15N5O2. The summed E-state index contributed by atoms with van der Waals surface area (Å²) in [4.78, 5) is 19.7. The van der Waals surface area contributed by atoms with E-state index in [9.17, 15) is 10.1 Å². The molecule has 0 bridgehead atoms. The van der Waals surface area contributed by atoms with Crippen LogP contribution in [0.15, 0.2) is 18.2 Å². The Bertz CT molecular complexity index is 566. The average Bonchev–Trinajstić information content (AvgIpc) is 2.78. The fourth-order valence-corrected chi connectivity index (χ4v) is 1.66. The molecule has 7 nitrogen and oxygen atoms in total. The second-order valence-corrected chi connectivity index (χ2v) is 4.04. The Kier molecular flexibility index (Phi) is 3.42. The largest absolute Gasteiger partial charge is 0.344 e. The van der Waals surface area contributed by atoms with Gasteiger partial charge in [-0.15, -0.1) is 0 Å². The van der Waals surface area contributed by atoms with Crippen LogP contribution >= 0.6 is 0 Å². The van der Waals surface area contributed by atoms with Gasteiger partial charge in [0.05, 0.1) is 16.0 Å². The Balaban J connectivity index is 2.29. The third-order valence-electron chi connectivity index (χ3n) is 2.72. The Morgan fingerprint density at radius 1 is 1.56 bits per heavy atom. The van der Waals surface area contributed by atoms with Gasteiger partial charge in [-0.05, 0) is 13.1 Å². The first-order valence-electron chi connectivity index (χ1n) is 5.61. The number of aromatic nitrogens is 2. The number of nitrogens with one attached hydrogen (secondary N) is 2. The van der Waals surface area contributed by atoms with E-state index in [2.05, 4.69) is 15.3 Å². The van der Waals surface area contributed by atoms with Crippen molar-refractivity contribution in [3.05, 3.63) is 28.3 Å². The van der Waals surface area contributed by atoms with Gasteiger partial charge in [0.25, 0.3) is 5.69 Å². The van der Waals surface area contributed by atoms with Crippen LogP contribution in [0.3, 0.4) is 0 Å². The zero-order valence-electron chi connectivity index (χ0n) is 10.3. The summed E-state index contributed by atoms with van der Waals surface area (Å²) in [6, 6.07) is 4.62. The monoisotopic (exact) mass is 249 g/mol. The van der Waals surface area contributed by atoms with Crippen LogP contribution in [0.4, 0.5) is 11.6 Å². The molecule has 0 saturated carbocycles. The van der Waals surface area contributed by atoms with Gasteiger partial charge in [0.1, 0.15) is 0 Å². The molecule has 0 atom stereocenters. The van der Waals surface area contributed by atoms with E-state index in [1.807, 2.05) is 19.0 Å². The molecule has 1 heterocycles. The first-order chi connectivity index (χ1) is 8.61. The highest BCUT2D eigenvalue weighted by atomic mass is 16.6. The van der Waals surface area contributed by atoms with Gasteiger partial charge in [0.2, 0.25) is 5.95 Å². The number of likely N-dealkylation sites (N-methyl/N-ethyl adjacent to an activating group) is 2. The predicted octanol–water partition coefficient (Wildman–Crippen LogP) is 1.13. The maximum atomic E-state index is 10.7. The zero-order chi connectivity index (χ0) is 13.1. The highest BCUT2D eigenvalue weighted by Crippen LogP contribution is 2.21. The molecule has 96 valence electrons. The van der Waals surface area contributed by atoms with E-state index >= 15 is 0 Å². The normalized spacial score (nSPS) is 10.8. The summed E-state index contributed by atoms with van der Waals surface area (Å²) in [7, 11) is 3.80. The molecule has 0 radical (unpaired) electrons. The number of hydrogen-bond acceptors (Lipinski definition) is 5. The number of non-ortho nitro benzene ring substituents is 1. The number of anilines is 1. The molecule has 0 saturated heterocycles. The van der Waals surface area contributed by atoms with Crippen LogP contribution in [-0.2, 0) is 0 Å². The van der Waals surface area contributed by atoms with E-state index in [0.717, 1.165) is 18.6 Å². The topological polar surface area (TPSA) is 87.1 Å². The summed E-state index contributed by atoms with van der Waals surface area (Å²) < 4.78 is 0. The number of aromatic amines is 1. The number of nitro groups is 1. The van der Waals surface area contributed by atoms with Gasteiger partial charge < -0.3 is 15.2 Å². The zero-order valence-corrected chi connectivity index (χ0v) is 10.3. The molecule has 2 aromatic rings. The van der Waals surface area contributed by atoms with E-state index < -0.39 is 4.92 Å². The van der Waals surface area contributed by atoms with Crippen molar-refractivity contribution in [3.8, 4) is 0 Å². The molecule has 0 aliphatic rings. The average molecular weight is 249 g/mol. The fraction of sp³-hybridized carbons (Fsp3) is 0.364. The Labute approximate surface area is 104 Å². The van der Waals surface area contributed by atoms with Crippen LogP contribution in [0.5, 0.6) is 0 Å². The second kappa shape index (κ2) is 5.01. The third-order valence-corrected chi connectivity index (χ3v) is 2.72. The summed E-state index contributed by atoms with van der Waals surface area (Å²) in [5.41, 5.74) is 1.46. The number of fused-ring (bicyclic) bond motifs is 1. The smallest absolute Gasteiger partial charge is 0.271 e. The molecule has 0 aliphatic carbocycles. The van der Waals surface area contributed by atoms with Crippen LogP contribution in [0, 0.1) is 10.1 Å². The van der Waals surface area contributed by atoms with Crippen LogP contribution in [-0.4, -0.2) is 42.1 Å². The first-order valence-corrected chi connectivity index (χ1v) is 5.61. The SMILES string of the molecule is CNCCN(C)c1nc2cc([N+](=O)[O-])ccc2[nH]1. The molecule has 1 aromatic heterocycles. The lowest BCUT2D eigenvalue weighted by molar-refractivity contribution is -0.384. The molecule has 2 rings (SSSR count). The summed E-state index contributed by atoms with van der Waals surface area (Å²) >= 11 is 0. The maximum Gasteiger partial charge on any atom is 0.271 e. The molecular weight excluding hydrogens is 234 g/mol. The van der Waals surface area contributed by atoms with E-state index in [0.29, 0.717) is 11.5 Å². The van der Waals surface area contributed by atoms with Gasteiger partial charge in [-0.3, -0.25) is 10.1 Å². The lowest BCUT2D eigenvalue weighted by atomic mass is 10.3. The first kappa shape index (κ1) is 12.3. The van der Waals surface area contributed by atoms with Crippen LogP contribution < -0.4 is 10.2 Å². The Morgan fingerprint density at radius 2 is 2.33 bits per heavy atom. The van der Waals surface area contributed by atoms with Crippen LogP contribution in [0.1, 0.15) is 0 Å². The van der Waals surface area contributed by atoms with Gasteiger partial charge >= 0.3 is 0 Å². The number of benzene rings is 1. The second-order valence-electron chi connectivity index (χ2n) is 4.04. The van der Waals surface area contributed by atoms with E-state index in [1.165, 1.54) is 12.1 Å². The van der Waals surface area contributed by atoms with Gasteiger partial charge in [0, 0.05) is 32.3 Å². The Morgan fingerprint density at radius 3 is 3.00 bits per heavy atom. The number of rotatable bonds is 5. The van der Waals surface area contributed by atoms with E-state index in [1.54, 1.807) is 6.07 Å². The molecule has 0 spiro atoms. The minimum Gasteiger partial charge on any atom is -0.344 e. The standard InChI is InChI=1S/C11H15N5O2/c1-12-5-6-15(2)11-13-9-4-3-8(16(17)18)7-10(9)14-11/h3-4,7,12H,5-6H2,1-2H3,(H,13,14). The van der Waals surface area contributed by atoms with Crippen molar-refractivity contribution < 1.29 is 4.92 Å². The fourth-order valence-electron chi connectivity index (χ4n) is 1.66. The molecule has 0 unspecified atom stereocenters. The molecule has 0 fully saturated rings. The number of H-pyrrole nitrogens is 1. The molecule has 7 heteroatoms. The highest BCUT2D eigenvalue weighted by Gasteiger charge is 2.11.